The van der Waals surface area contributed by atoms with E-state index in [2.05, 4.69) is 10.3 Å². The number of benzene rings is 2. The molecule has 2 heterocycles. The predicted molar refractivity (Wildman–Crippen MR) is 90.2 cm³/mol. The minimum atomic E-state index is -0.281. The molecule has 5 rings (SSSR count). The second-order valence-electron chi connectivity index (χ2n) is 6.11. The number of rotatable bonds is 3. The van der Waals surface area contributed by atoms with E-state index in [1.807, 2.05) is 42.5 Å². The molecular formula is C19H14N2O3. The Morgan fingerprint density at radius 1 is 1.04 bits per heavy atom. The summed E-state index contributed by atoms with van der Waals surface area (Å²) in [4.78, 5) is 16.9. The number of para-hydroxylation sites is 1. The molecule has 0 radical (unpaired) electrons. The number of fused-ring (bicyclic) bond motifs is 2. The summed E-state index contributed by atoms with van der Waals surface area (Å²) in [5.41, 5.74) is 2.88. The summed E-state index contributed by atoms with van der Waals surface area (Å²) in [6.07, 6.45) is 2.28. The third kappa shape index (κ3) is 2.25. The third-order valence-electron chi connectivity index (χ3n) is 4.24. The van der Waals surface area contributed by atoms with Gasteiger partial charge in [0.15, 0.2) is 17.2 Å². The van der Waals surface area contributed by atoms with Crippen LogP contribution < -0.4 is 5.32 Å². The molecule has 0 saturated heterocycles. The van der Waals surface area contributed by atoms with Crippen LogP contribution in [0.5, 0.6) is 0 Å². The van der Waals surface area contributed by atoms with Crippen molar-refractivity contribution in [2.24, 2.45) is 0 Å². The number of aromatic nitrogens is 1. The van der Waals surface area contributed by atoms with Gasteiger partial charge < -0.3 is 14.2 Å². The summed E-state index contributed by atoms with van der Waals surface area (Å²) in [6, 6.07) is 14.8. The molecule has 1 aliphatic carbocycles. The van der Waals surface area contributed by atoms with Gasteiger partial charge in [0.25, 0.3) is 5.91 Å². The van der Waals surface area contributed by atoms with Crippen molar-refractivity contribution in [1.29, 1.82) is 0 Å². The van der Waals surface area contributed by atoms with Crippen LogP contribution in [-0.2, 0) is 0 Å². The number of amides is 1. The van der Waals surface area contributed by atoms with Gasteiger partial charge in [0.2, 0.25) is 0 Å². The van der Waals surface area contributed by atoms with E-state index in [4.69, 9.17) is 8.83 Å². The fourth-order valence-corrected chi connectivity index (χ4v) is 2.81. The first-order chi connectivity index (χ1) is 11.8. The minimum Gasteiger partial charge on any atom is -0.451 e. The summed E-state index contributed by atoms with van der Waals surface area (Å²) >= 11 is 0. The third-order valence-corrected chi connectivity index (χ3v) is 4.24. The summed E-state index contributed by atoms with van der Waals surface area (Å²) in [7, 11) is 0. The smallest absolute Gasteiger partial charge is 0.291 e. The molecule has 1 N–H and O–H groups in total. The lowest BCUT2D eigenvalue weighted by molar-refractivity contribution is 0.0998. The fourth-order valence-electron chi connectivity index (χ4n) is 2.81. The van der Waals surface area contributed by atoms with Crippen LogP contribution in [0, 0.1) is 0 Å². The fraction of sp³-hybridized carbons (Fsp3) is 0.158. The van der Waals surface area contributed by atoms with Crippen molar-refractivity contribution in [3.63, 3.8) is 0 Å². The molecule has 0 spiro atoms. The molecule has 0 aliphatic heterocycles. The lowest BCUT2D eigenvalue weighted by Crippen LogP contribution is -2.10. The molecule has 0 bridgehead atoms. The van der Waals surface area contributed by atoms with E-state index < -0.39 is 0 Å². The zero-order valence-electron chi connectivity index (χ0n) is 12.8. The number of nitrogens with one attached hydrogen (secondary N) is 1. The normalized spacial score (nSPS) is 14.3. The van der Waals surface area contributed by atoms with Crippen molar-refractivity contribution < 1.29 is 13.6 Å². The van der Waals surface area contributed by atoms with Gasteiger partial charge in [-0.05, 0) is 43.2 Å². The Morgan fingerprint density at radius 2 is 1.92 bits per heavy atom. The van der Waals surface area contributed by atoms with Gasteiger partial charge in [-0.15, -0.1) is 0 Å². The number of carbonyl (C=O) groups is 1. The van der Waals surface area contributed by atoms with Crippen LogP contribution in [0.2, 0.25) is 0 Å². The highest BCUT2D eigenvalue weighted by Crippen LogP contribution is 2.40. The number of hydrogen-bond donors (Lipinski definition) is 1. The van der Waals surface area contributed by atoms with Gasteiger partial charge in [0.1, 0.15) is 11.1 Å². The Labute approximate surface area is 137 Å². The Morgan fingerprint density at radius 3 is 2.75 bits per heavy atom. The van der Waals surface area contributed by atoms with Gasteiger partial charge in [-0.2, -0.15) is 0 Å². The van der Waals surface area contributed by atoms with Crippen LogP contribution in [0.1, 0.15) is 35.2 Å². The van der Waals surface area contributed by atoms with Gasteiger partial charge in [-0.3, -0.25) is 4.79 Å². The lowest BCUT2D eigenvalue weighted by Gasteiger charge is -2.02. The molecule has 5 heteroatoms. The van der Waals surface area contributed by atoms with Gasteiger partial charge in [-0.1, -0.05) is 18.2 Å². The van der Waals surface area contributed by atoms with Gasteiger partial charge >= 0.3 is 0 Å². The van der Waals surface area contributed by atoms with Gasteiger partial charge in [0.05, 0.1) is 0 Å². The van der Waals surface area contributed by atoms with E-state index in [1.54, 1.807) is 6.07 Å². The van der Waals surface area contributed by atoms with Crippen LogP contribution in [-0.4, -0.2) is 10.9 Å². The summed E-state index contributed by atoms with van der Waals surface area (Å²) in [5.74, 6) is 1.27. The Bertz CT molecular complexity index is 1040. The number of hydrogen-bond acceptors (Lipinski definition) is 4. The minimum absolute atomic E-state index is 0.281. The van der Waals surface area contributed by atoms with Crippen molar-refractivity contribution >= 4 is 33.7 Å². The average molecular weight is 318 g/mol. The highest BCUT2D eigenvalue weighted by molar-refractivity contribution is 6.05. The highest BCUT2D eigenvalue weighted by atomic mass is 16.4. The zero-order chi connectivity index (χ0) is 16.1. The number of furan rings is 1. The van der Waals surface area contributed by atoms with E-state index in [1.165, 1.54) is 0 Å². The second-order valence-corrected chi connectivity index (χ2v) is 6.11. The van der Waals surface area contributed by atoms with Crippen molar-refractivity contribution in [2.75, 3.05) is 5.32 Å². The number of carbonyl (C=O) groups excluding carboxylic acids is 1. The quantitative estimate of drug-likeness (QED) is 0.594. The monoisotopic (exact) mass is 318 g/mol. The van der Waals surface area contributed by atoms with E-state index in [-0.39, 0.29) is 11.7 Å². The average Bonchev–Trinajstić information content (AvgIpc) is 3.20. The number of nitrogens with zero attached hydrogens (tertiary/aromatic N) is 1. The molecule has 118 valence electrons. The SMILES string of the molecule is O=C(Nc1ccc2oc(C3CC3)nc2c1)c1cc2ccccc2o1. The van der Waals surface area contributed by atoms with E-state index >= 15 is 0 Å². The Balaban J connectivity index is 1.43. The zero-order valence-corrected chi connectivity index (χ0v) is 12.8. The molecule has 4 aromatic rings. The van der Waals surface area contributed by atoms with E-state index in [9.17, 15) is 4.79 Å². The second kappa shape index (κ2) is 4.96. The Kier molecular flexibility index (Phi) is 2.76. The molecule has 1 saturated carbocycles. The molecule has 24 heavy (non-hydrogen) atoms. The van der Waals surface area contributed by atoms with Gasteiger partial charge in [-0.25, -0.2) is 4.98 Å². The van der Waals surface area contributed by atoms with Crippen molar-refractivity contribution in [2.45, 2.75) is 18.8 Å². The first-order valence-electron chi connectivity index (χ1n) is 7.97. The van der Waals surface area contributed by atoms with Crippen LogP contribution in [0.25, 0.3) is 22.1 Å². The van der Waals surface area contributed by atoms with E-state index in [0.717, 1.165) is 35.2 Å². The number of anilines is 1. The molecule has 0 atom stereocenters. The van der Waals surface area contributed by atoms with Crippen molar-refractivity contribution in [3.05, 3.63) is 60.2 Å². The number of oxazole rings is 1. The van der Waals surface area contributed by atoms with Crippen molar-refractivity contribution in [1.82, 2.24) is 4.98 Å². The lowest BCUT2D eigenvalue weighted by atomic mass is 10.2. The maximum Gasteiger partial charge on any atom is 0.291 e. The molecule has 2 aromatic heterocycles. The van der Waals surface area contributed by atoms with Crippen LogP contribution in [0.3, 0.4) is 0 Å². The molecule has 0 unspecified atom stereocenters. The predicted octanol–water partition coefficient (Wildman–Crippen LogP) is 4.70. The molecule has 1 aliphatic rings. The summed E-state index contributed by atoms with van der Waals surface area (Å²) < 4.78 is 11.3. The van der Waals surface area contributed by atoms with Gasteiger partial charge in [0, 0.05) is 17.0 Å². The Hall–Kier alpha value is -3.08. The van der Waals surface area contributed by atoms with Crippen LogP contribution in [0.4, 0.5) is 5.69 Å². The van der Waals surface area contributed by atoms with Crippen LogP contribution in [0.15, 0.2) is 57.4 Å². The standard InChI is InChI=1S/C19H14N2O3/c22-18(17-9-12-3-1-2-4-15(12)23-17)20-13-7-8-16-14(10-13)21-19(24-16)11-5-6-11/h1-4,7-11H,5-6H2,(H,20,22). The van der Waals surface area contributed by atoms with E-state index in [0.29, 0.717) is 17.2 Å². The topological polar surface area (TPSA) is 68.3 Å². The summed E-state index contributed by atoms with van der Waals surface area (Å²) in [5, 5.41) is 3.76. The molecule has 1 fully saturated rings. The van der Waals surface area contributed by atoms with Crippen LogP contribution >= 0.6 is 0 Å². The largest absolute Gasteiger partial charge is 0.451 e. The molecule has 1 amide bonds. The molecular weight excluding hydrogens is 304 g/mol. The highest BCUT2D eigenvalue weighted by Gasteiger charge is 2.28. The summed E-state index contributed by atoms with van der Waals surface area (Å²) in [6.45, 7) is 0. The maximum atomic E-state index is 12.4. The molecule has 5 nitrogen and oxygen atoms in total. The van der Waals surface area contributed by atoms with Crippen molar-refractivity contribution in [3.8, 4) is 0 Å². The first kappa shape index (κ1) is 13.4. The maximum absolute atomic E-state index is 12.4. The first-order valence-corrected chi connectivity index (χ1v) is 7.97. The molecule has 2 aromatic carbocycles.